The Morgan fingerprint density at radius 3 is 1.13 bits per heavy atom. The van der Waals surface area contributed by atoms with Crippen molar-refractivity contribution in [2.24, 2.45) is 0 Å². The Labute approximate surface area is 218 Å². The molecule has 7 aromatic rings. The van der Waals surface area contributed by atoms with Crippen LogP contribution in [-0.4, -0.2) is 9.97 Å². The SMILES string of the molecule is Nc1ccc(-c2nc3cc(-c4ccc(-c5ccc6oc(-c7ccc(N)cc7)nc6c5)cc4)ccc3o2)cc1. The van der Waals surface area contributed by atoms with E-state index in [-0.39, 0.29) is 0 Å². The minimum Gasteiger partial charge on any atom is -0.436 e. The molecule has 0 spiro atoms. The Morgan fingerprint density at radius 2 is 0.737 bits per heavy atom. The molecule has 38 heavy (non-hydrogen) atoms. The summed E-state index contributed by atoms with van der Waals surface area (Å²) in [7, 11) is 0. The average Bonchev–Trinajstić information content (AvgIpc) is 3.57. The molecule has 0 saturated carbocycles. The van der Waals surface area contributed by atoms with Gasteiger partial charge in [0.25, 0.3) is 0 Å². The molecule has 0 aliphatic rings. The highest BCUT2D eigenvalue weighted by Crippen LogP contribution is 2.32. The van der Waals surface area contributed by atoms with Gasteiger partial charge in [0.1, 0.15) is 11.0 Å². The van der Waals surface area contributed by atoms with E-state index in [0.717, 1.165) is 55.6 Å². The molecule has 0 fully saturated rings. The molecule has 0 aliphatic carbocycles. The molecule has 182 valence electrons. The van der Waals surface area contributed by atoms with Gasteiger partial charge in [-0.1, -0.05) is 36.4 Å². The van der Waals surface area contributed by atoms with Gasteiger partial charge in [0.2, 0.25) is 11.8 Å². The maximum atomic E-state index is 5.96. The average molecular weight is 495 g/mol. The molecule has 6 heteroatoms. The van der Waals surface area contributed by atoms with Crippen LogP contribution in [0.3, 0.4) is 0 Å². The molecule has 0 atom stereocenters. The molecule has 0 amide bonds. The Kier molecular flexibility index (Phi) is 4.97. The molecular weight excluding hydrogens is 472 g/mol. The van der Waals surface area contributed by atoms with Crippen molar-refractivity contribution in [3.8, 4) is 45.2 Å². The summed E-state index contributed by atoms with van der Waals surface area (Å²) in [5.41, 5.74) is 22.3. The summed E-state index contributed by atoms with van der Waals surface area (Å²) in [4.78, 5) is 9.38. The van der Waals surface area contributed by atoms with E-state index in [9.17, 15) is 0 Å². The molecule has 0 bridgehead atoms. The largest absolute Gasteiger partial charge is 0.436 e. The molecule has 0 unspecified atom stereocenters. The normalized spacial score (nSPS) is 11.4. The maximum Gasteiger partial charge on any atom is 0.227 e. The molecule has 0 aliphatic heterocycles. The summed E-state index contributed by atoms with van der Waals surface area (Å²) in [5.74, 6) is 1.16. The first-order chi connectivity index (χ1) is 18.6. The van der Waals surface area contributed by atoms with Gasteiger partial charge in [0, 0.05) is 22.5 Å². The van der Waals surface area contributed by atoms with Crippen molar-refractivity contribution >= 4 is 33.6 Å². The Hall–Kier alpha value is -5.36. The third kappa shape index (κ3) is 3.94. The highest BCUT2D eigenvalue weighted by atomic mass is 16.4. The molecule has 0 radical (unpaired) electrons. The summed E-state index contributed by atoms with van der Waals surface area (Å²) in [6.07, 6.45) is 0. The number of nitrogens with zero attached hydrogens (tertiary/aromatic N) is 2. The fraction of sp³-hybridized carbons (Fsp3) is 0. The van der Waals surface area contributed by atoms with Crippen LogP contribution in [0, 0.1) is 0 Å². The third-order valence-electron chi connectivity index (χ3n) is 6.64. The monoisotopic (exact) mass is 494 g/mol. The van der Waals surface area contributed by atoms with Gasteiger partial charge in [-0.05, 0) is 95.1 Å². The highest BCUT2D eigenvalue weighted by molar-refractivity contribution is 5.85. The van der Waals surface area contributed by atoms with Crippen LogP contribution in [0.15, 0.2) is 118 Å². The summed E-state index contributed by atoms with van der Waals surface area (Å²) < 4.78 is 11.9. The minimum atomic E-state index is 0.579. The van der Waals surface area contributed by atoms with Crippen LogP contribution >= 0.6 is 0 Å². The second kappa shape index (κ2) is 8.64. The van der Waals surface area contributed by atoms with Gasteiger partial charge in [-0.3, -0.25) is 0 Å². The number of benzene rings is 5. The van der Waals surface area contributed by atoms with Crippen LogP contribution in [0.2, 0.25) is 0 Å². The van der Waals surface area contributed by atoms with E-state index in [4.69, 9.17) is 30.3 Å². The number of aromatic nitrogens is 2. The van der Waals surface area contributed by atoms with Crippen molar-refractivity contribution in [1.82, 2.24) is 9.97 Å². The number of rotatable bonds is 4. The van der Waals surface area contributed by atoms with Gasteiger partial charge < -0.3 is 20.3 Å². The van der Waals surface area contributed by atoms with Gasteiger partial charge in [-0.25, -0.2) is 9.97 Å². The second-order valence-corrected chi connectivity index (χ2v) is 9.22. The lowest BCUT2D eigenvalue weighted by Crippen LogP contribution is -1.84. The first kappa shape index (κ1) is 21.9. The molecule has 0 saturated heterocycles. The lowest BCUT2D eigenvalue weighted by Gasteiger charge is -2.05. The van der Waals surface area contributed by atoms with Crippen molar-refractivity contribution in [3.05, 3.63) is 109 Å². The van der Waals surface area contributed by atoms with Crippen LogP contribution in [-0.2, 0) is 0 Å². The van der Waals surface area contributed by atoms with E-state index < -0.39 is 0 Å². The van der Waals surface area contributed by atoms with Gasteiger partial charge in [-0.2, -0.15) is 0 Å². The molecule has 4 N–H and O–H groups in total. The molecular formula is C32H22N4O2. The van der Waals surface area contributed by atoms with Crippen LogP contribution < -0.4 is 11.5 Å². The van der Waals surface area contributed by atoms with Gasteiger partial charge in [0.15, 0.2) is 11.2 Å². The fourth-order valence-electron chi connectivity index (χ4n) is 4.57. The van der Waals surface area contributed by atoms with Crippen molar-refractivity contribution in [1.29, 1.82) is 0 Å². The smallest absolute Gasteiger partial charge is 0.227 e. The quantitative estimate of drug-likeness (QED) is 0.242. The van der Waals surface area contributed by atoms with Gasteiger partial charge in [-0.15, -0.1) is 0 Å². The standard InChI is InChI=1S/C32H22N4O2/c33-25-11-5-21(6-12-25)31-35-27-17-23(9-15-29(27)37-31)19-1-2-20(4-3-19)24-10-16-30-28(18-24)36-32(38-30)22-7-13-26(34)14-8-22/h1-18H,33-34H2. The van der Waals surface area contributed by atoms with E-state index >= 15 is 0 Å². The maximum absolute atomic E-state index is 5.96. The molecule has 7 rings (SSSR count). The summed E-state index contributed by atoms with van der Waals surface area (Å²) >= 11 is 0. The van der Waals surface area contributed by atoms with E-state index in [1.54, 1.807) is 0 Å². The van der Waals surface area contributed by atoms with Crippen molar-refractivity contribution in [2.45, 2.75) is 0 Å². The van der Waals surface area contributed by atoms with Gasteiger partial charge >= 0.3 is 0 Å². The summed E-state index contributed by atoms with van der Waals surface area (Å²) in [5, 5.41) is 0. The Bertz CT molecular complexity index is 1770. The van der Waals surface area contributed by atoms with Crippen LogP contribution in [0.5, 0.6) is 0 Å². The minimum absolute atomic E-state index is 0.579. The number of hydrogen-bond acceptors (Lipinski definition) is 6. The zero-order valence-corrected chi connectivity index (χ0v) is 20.3. The van der Waals surface area contributed by atoms with E-state index in [2.05, 4.69) is 48.5 Å². The molecule has 6 nitrogen and oxygen atoms in total. The lowest BCUT2D eigenvalue weighted by atomic mass is 10.00. The number of nitrogens with two attached hydrogens (primary N) is 2. The topological polar surface area (TPSA) is 104 Å². The third-order valence-corrected chi connectivity index (χ3v) is 6.64. The molecule has 2 heterocycles. The number of fused-ring (bicyclic) bond motifs is 2. The van der Waals surface area contributed by atoms with E-state index in [1.807, 2.05) is 60.7 Å². The fourth-order valence-corrected chi connectivity index (χ4v) is 4.57. The number of oxazole rings is 2. The number of nitrogen functional groups attached to an aromatic ring is 2. The Balaban J connectivity index is 1.16. The number of anilines is 2. The lowest BCUT2D eigenvalue weighted by molar-refractivity contribution is 0.619. The summed E-state index contributed by atoms with van der Waals surface area (Å²) in [6.45, 7) is 0. The second-order valence-electron chi connectivity index (χ2n) is 9.22. The highest BCUT2D eigenvalue weighted by Gasteiger charge is 2.12. The predicted molar refractivity (Wildman–Crippen MR) is 152 cm³/mol. The van der Waals surface area contributed by atoms with E-state index in [0.29, 0.717) is 23.2 Å². The first-order valence-corrected chi connectivity index (χ1v) is 12.2. The number of hydrogen-bond donors (Lipinski definition) is 2. The molecule has 5 aromatic carbocycles. The zero-order chi connectivity index (χ0) is 25.6. The van der Waals surface area contributed by atoms with Crippen molar-refractivity contribution < 1.29 is 8.83 Å². The van der Waals surface area contributed by atoms with E-state index in [1.165, 1.54) is 0 Å². The zero-order valence-electron chi connectivity index (χ0n) is 20.3. The van der Waals surface area contributed by atoms with Crippen LogP contribution in [0.1, 0.15) is 0 Å². The first-order valence-electron chi connectivity index (χ1n) is 12.2. The van der Waals surface area contributed by atoms with Crippen molar-refractivity contribution in [3.63, 3.8) is 0 Å². The van der Waals surface area contributed by atoms with Crippen LogP contribution in [0.25, 0.3) is 67.4 Å². The Morgan fingerprint density at radius 1 is 0.395 bits per heavy atom. The molecule has 2 aromatic heterocycles. The summed E-state index contributed by atoms with van der Waals surface area (Å²) in [6, 6.07) is 35.6. The predicted octanol–water partition coefficient (Wildman–Crippen LogP) is 7.80. The van der Waals surface area contributed by atoms with Crippen LogP contribution in [0.4, 0.5) is 11.4 Å². The van der Waals surface area contributed by atoms with Crippen molar-refractivity contribution in [2.75, 3.05) is 11.5 Å². The van der Waals surface area contributed by atoms with Gasteiger partial charge in [0.05, 0.1) is 0 Å².